The molecule has 0 amide bonds. The highest BCUT2D eigenvalue weighted by Crippen LogP contribution is 2.34. The van der Waals surface area contributed by atoms with Crippen molar-refractivity contribution in [1.29, 1.82) is 0 Å². The molecule has 2 heteroatoms. The van der Waals surface area contributed by atoms with Crippen molar-refractivity contribution in [3.05, 3.63) is 34.9 Å². The minimum atomic E-state index is 0.597. The lowest BCUT2D eigenvalue weighted by molar-refractivity contribution is 0.854. The molecule has 1 saturated heterocycles. The van der Waals surface area contributed by atoms with E-state index in [1.54, 1.807) is 0 Å². The fourth-order valence-corrected chi connectivity index (χ4v) is 2.38. The van der Waals surface area contributed by atoms with Gasteiger partial charge in [0.1, 0.15) is 0 Å². The number of nitrogens with two attached hydrogens (primary N) is 1. The average Bonchev–Trinajstić information content (AvgIpc) is 3.02. The van der Waals surface area contributed by atoms with Gasteiger partial charge in [-0.2, -0.15) is 11.8 Å². The van der Waals surface area contributed by atoms with E-state index in [1.807, 2.05) is 0 Å². The van der Waals surface area contributed by atoms with Gasteiger partial charge in [0.05, 0.1) is 0 Å². The first-order valence-corrected chi connectivity index (χ1v) is 6.69. The van der Waals surface area contributed by atoms with Crippen LogP contribution in [0.2, 0.25) is 0 Å². The molecular weight excluding hydrogens is 202 g/mol. The van der Waals surface area contributed by atoms with Crippen LogP contribution >= 0.6 is 11.8 Å². The largest absolute Gasteiger partial charge is 0.326 e. The first-order chi connectivity index (χ1) is 7.20. The predicted molar refractivity (Wildman–Crippen MR) is 68.4 cm³/mol. The number of hydrogen-bond acceptors (Lipinski definition) is 2. The van der Waals surface area contributed by atoms with Gasteiger partial charge >= 0.3 is 0 Å². The topological polar surface area (TPSA) is 26.0 Å². The van der Waals surface area contributed by atoms with Crippen LogP contribution in [0.1, 0.15) is 36.5 Å². The van der Waals surface area contributed by atoms with Crippen molar-refractivity contribution in [2.75, 3.05) is 5.75 Å². The molecular formula is C13H19NS. The molecule has 1 aliphatic heterocycles. The summed E-state index contributed by atoms with van der Waals surface area (Å²) in [6, 6.07) is 6.82. The Labute approximate surface area is 96.4 Å². The Hall–Kier alpha value is -0.470. The molecule has 0 bridgehead atoms. The highest BCUT2D eigenvalue weighted by molar-refractivity contribution is 8.06. The first-order valence-electron chi connectivity index (χ1n) is 5.64. The van der Waals surface area contributed by atoms with Gasteiger partial charge in [0, 0.05) is 17.5 Å². The second-order valence-electron chi connectivity index (χ2n) is 4.55. The second kappa shape index (κ2) is 4.58. The highest BCUT2D eigenvalue weighted by Gasteiger charge is 2.23. The minimum absolute atomic E-state index is 0.597. The van der Waals surface area contributed by atoms with E-state index in [9.17, 15) is 0 Å². The van der Waals surface area contributed by atoms with E-state index in [0.29, 0.717) is 12.5 Å². The van der Waals surface area contributed by atoms with Crippen LogP contribution in [0.3, 0.4) is 0 Å². The number of hydrogen-bond donors (Lipinski definition) is 1. The van der Waals surface area contributed by atoms with E-state index in [4.69, 9.17) is 5.73 Å². The summed E-state index contributed by atoms with van der Waals surface area (Å²) in [6.45, 7) is 5.13. The van der Waals surface area contributed by atoms with Crippen LogP contribution in [0.25, 0.3) is 0 Å². The van der Waals surface area contributed by atoms with Gasteiger partial charge in [0.15, 0.2) is 0 Å². The summed E-state index contributed by atoms with van der Waals surface area (Å²) >= 11 is 2.05. The van der Waals surface area contributed by atoms with Gasteiger partial charge in [-0.15, -0.1) is 0 Å². The third-order valence-electron chi connectivity index (χ3n) is 2.97. The zero-order valence-corrected chi connectivity index (χ0v) is 10.3. The van der Waals surface area contributed by atoms with Gasteiger partial charge < -0.3 is 5.73 Å². The van der Waals surface area contributed by atoms with E-state index >= 15 is 0 Å². The van der Waals surface area contributed by atoms with E-state index in [-0.39, 0.29) is 0 Å². The molecule has 15 heavy (non-hydrogen) atoms. The Kier molecular flexibility index (Phi) is 3.37. The maximum atomic E-state index is 5.81. The molecule has 1 unspecified atom stereocenters. The quantitative estimate of drug-likeness (QED) is 0.791. The van der Waals surface area contributed by atoms with E-state index in [1.165, 1.54) is 28.9 Å². The van der Waals surface area contributed by atoms with Gasteiger partial charge in [-0.25, -0.2) is 0 Å². The molecule has 0 aromatic heterocycles. The standard InChI is InChI=1S/C13H19NS/c1-9(2)10-3-4-11(6-13-8-15-13)12(5-10)7-14/h3-5,9,13H,6-8,14H2,1-2H3. The molecule has 0 aliphatic carbocycles. The van der Waals surface area contributed by atoms with Crippen LogP contribution in [0, 0.1) is 0 Å². The molecule has 1 atom stereocenters. The lowest BCUT2D eigenvalue weighted by atomic mass is 9.95. The molecule has 0 saturated carbocycles. The summed E-state index contributed by atoms with van der Waals surface area (Å²) in [5, 5.41) is 0.861. The van der Waals surface area contributed by atoms with Crippen LogP contribution in [0.4, 0.5) is 0 Å². The van der Waals surface area contributed by atoms with Crippen LogP contribution in [0.15, 0.2) is 18.2 Å². The zero-order valence-electron chi connectivity index (χ0n) is 9.49. The summed E-state index contributed by atoms with van der Waals surface area (Å²) in [7, 11) is 0. The van der Waals surface area contributed by atoms with Crippen molar-refractivity contribution in [1.82, 2.24) is 0 Å². The van der Waals surface area contributed by atoms with Crippen LogP contribution < -0.4 is 5.73 Å². The van der Waals surface area contributed by atoms with E-state index in [0.717, 1.165) is 5.25 Å². The van der Waals surface area contributed by atoms with Crippen LogP contribution in [-0.2, 0) is 13.0 Å². The summed E-state index contributed by atoms with van der Waals surface area (Å²) in [6.07, 6.45) is 1.20. The number of benzene rings is 1. The maximum Gasteiger partial charge on any atom is 0.0180 e. The molecule has 1 aliphatic rings. The average molecular weight is 221 g/mol. The zero-order chi connectivity index (χ0) is 10.8. The predicted octanol–water partition coefficient (Wildman–Crippen LogP) is 2.93. The normalized spacial score (nSPS) is 19.6. The molecule has 2 N–H and O–H groups in total. The first kappa shape index (κ1) is 11.0. The molecule has 82 valence electrons. The lowest BCUT2D eigenvalue weighted by Crippen LogP contribution is -2.05. The van der Waals surface area contributed by atoms with Crippen LogP contribution in [0.5, 0.6) is 0 Å². The fourth-order valence-electron chi connectivity index (χ4n) is 1.83. The minimum Gasteiger partial charge on any atom is -0.326 e. The Morgan fingerprint density at radius 3 is 2.67 bits per heavy atom. The smallest absolute Gasteiger partial charge is 0.0180 e. The Balaban J connectivity index is 2.21. The third-order valence-corrected chi connectivity index (χ3v) is 3.94. The van der Waals surface area contributed by atoms with Crippen molar-refractivity contribution in [3.8, 4) is 0 Å². The second-order valence-corrected chi connectivity index (χ2v) is 5.88. The third kappa shape index (κ3) is 2.76. The van der Waals surface area contributed by atoms with Crippen molar-refractivity contribution >= 4 is 11.8 Å². The Morgan fingerprint density at radius 2 is 2.13 bits per heavy atom. The molecule has 2 rings (SSSR count). The summed E-state index contributed by atoms with van der Waals surface area (Å²) in [5.41, 5.74) is 10.0. The maximum absolute atomic E-state index is 5.81. The fraction of sp³-hybridized carbons (Fsp3) is 0.538. The van der Waals surface area contributed by atoms with E-state index in [2.05, 4.69) is 43.8 Å². The SMILES string of the molecule is CC(C)c1ccc(CC2CS2)c(CN)c1. The van der Waals surface area contributed by atoms with Gasteiger partial charge in [0.2, 0.25) is 0 Å². The lowest BCUT2D eigenvalue weighted by Gasteiger charge is -2.11. The monoisotopic (exact) mass is 221 g/mol. The molecule has 0 spiro atoms. The Bertz CT molecular complexity index is 342. The van der Waals surface area contributed by atoms with Crippen LogP contribution in [-0.4, -0.2) is 11.0 Å². The highest BCUT2D eigenvalue weighted by atomic mass is 32.2. The van der Waals surface area contributed by atoms with Crippen molar-refractivity contribution in [2.45, 2.75) is 38.0 Å². The number of rotatable bonds is 4. The molecule has 1 aromatic carbocycles. The van der Waals surface area contributed by atoms with Gasteiger partial charge in [-0.05, 0) is 29.0 Å². The summed E-state index contributed by atoms with van der Waals surface area (Å²) in [5.74, 6) is 1.93. The van der Waals surface area contributed by atoms with E-state index < -0.39 is 0 Å². The Morgan fingerprint density at radius 1 is 1.40 bits per heavy atom. The molecule has 0 radical (unpaired) electrons. The molecule has 1 aromatic rings. The molecule has 1 fully saturated rings. The summed E-state index contributed by atoms with van der Waals surface area (Å²) < 4.78 is 0. The van der Waals surface area contributed by atoms with Crippen molar-refractivity contribution in [2.24, 2.45) is 5.73 Å². The van der Waals surface area contributed by atoms with Gasteiger partial charge in [-0.1, -0.05) is 32.0 Å². The van der Waals surface area contributed by atoms with Crippen molar-refractivity contribution < 1.29 is 0 Å². The van der Waals surface area contributed by atoms with Crippen molar-refractivity contribution in [3.63, 3.8) is 0 Å². The molecule has 1 heterocycles. The molecule has 1 nitrogen and oxygen atoms in total. The number of thioether (sulfide) groups is 1. The van der Waals surface area contributed by atoms with Gasteiger partial charge in [0.25, 0.3) is 0 Å². The van der Waals surface area contributed by atoms with Gasteiger partial charge in [-0.3, -0.25) is 0 Å². The summed E-state index contributed by atoms with van der Waals surface area (Å²) in [4.78, 5) is 0.